The first-order chi connectivity index (χ1) is 15.1. The number of rotatable bonds is 8. The van der Waals surface area contributed by atoms with E-state index in [0.717, 1.165) is 36.3 Å². The second-order valence-electron chi connectivity index (χ2n) is 7.75. The standard InChI is InChI=1S/C23H28N4O3S/c1-3-26-14-17(13-24-26)15-27-22(28)19(25-23(27)31)11-16-9-10-20(21(12-16)29-4-2)30-18-7-5-6-8-18/h9-14,18H,3-8,15H2,1-2H3,(H,25,31)/b19-11+. The van der Waals surface area contributed by atoms with Crippen LogP contribution in [0.2, 0.25) is 0 Å². The molecule has 2 aromatic rings. The number of nitrogens with one attached hydrogen (secondary N) is 1. The molecule has 1 amide bonds. The van der Waals surface area contributed by atoms with Gasteiger partial charge in [0.05, 0.1) is 25.5 Å². The second kappa shape index (κ2) is 9.51. The van der Waals surface area contributed by atoms with E-state index in [-0.39, 0.29) is 12.0 Å². The molecule has 1 N–H and O–H groups in total. The Morgan fingerprint density at radius 2 is 2.06 bits per heavy atom. The molecule has 7 nitrogen and oxygen atoms in total. The molecule has 0 radical (unpaired) electrons. The van der Waals surface area contributed by atoms with Crippen LogP contribution < -0.4 is 14.8 Å². The van der Waals surface area contributed by atoms with Crippen LogP contribution in [0.25, 0.3) is 6.08 Å². The van der Waals surface area contributed by atoms with Crippen LogP contribution >= 0.6 is 12.2 Å². The predicted molar refractivity (Wildman–Crippen MR) is 123 cm³/mol. The van der Waals surface area contributed by atoms with Crippen LogP contribution in [0.15, 0.2) is 36.3 Å². The molecule has 164 valence electrons. The van der Waals surface area contributed by atoms with Gasteiger partial charge in [-0.1, -0.05) is 6.07 Å². The minimum Gasteiger partial charge on any atom is -0.490 e. The fourth-order valence-corrected chi connectivity index (χ4v) is 4.15. The number of benzene rings is 1. The molecule has 0 bridgehead atoms. The van der Waals surface area contributed by atoms with Crippen LogP contribution in [0.3, 0.4) is 0 Å². The zero-order valence-electron chi connectivity index (χ0n) is 18.0. The summed E-state index contributed by atoms with van der Waals surface area (Å²) in [7, 11) is 0. The smallest absolute Gasteiger partial charge is 0.276 e. The molecule has 1 aromatic heterocycles. The maximum Gasteiger partial charge on any atom is 0.276 e. The molecule has 0 spiro atoms. The zero-order valence-corrected chi connectivity index (χ0v) is 18.8. The molecular weight excluding hydrogens is 412 g/mol. The molecule has 31 heavy (non-hydrogen) atoms. The van der Waals surface area contributed by atoms with Crippen LogP contribution in [-0.4, -0.2) is 38.4 Å². The summed E-state index contributed by atoms with van der Waals surface area (Å²) in [6, 6.07) is 5.77. The molecule has 1 saturated carbocycles. The Morgan fingerprint density at radius 3 is 2.77 bits per heavy atom. The maximum atomic E-state index is 12.9. The van der Waals surface area contributed by atoms with E-state index in [2.05, 4.69) is 10.4 Å². The number of hydrogen-bond donors (Lipinski definition) is 1. The minimum atomic E-state index is -0.154. The van der Waals surface area contributed by atoms with E-state index in [4.69, 9.17) is 21.7 Å². The first kappa shape index (κ1) is 21.4. The number of aryl methyl sites for hydroxylation is 1. The first-order valence-corrected chi connectivity index (χ1v) is 11.3. The Bertz CT molecular complexity index is 994. The third-order valence-corrected chi connectivity index (χ3v) is 5.81. The molecule has 1 aliphatic carbocycles. The normalized spacial score (nSPS) is 18.1. The topological polar surface area (TPSA) is 68.6 Å². The van der Waals surface area contributed by atoms with Crippen molar-refractivity contribution in [1.29, 1.82) is 0 Å². The van der Waals surface area contributed by atoms with Gasteiger partial charge in [0.15, 0.2) is 16.6 Å². The molecule has 1 aromatic carbocycles. The summed E-state index contributed by atoms with van der Waals surface area (Å²) in [5, 5.41) is 7.69. The van der Waals surface area contributed by atoms with Crippen LogP contribution in [-0.2, 0) is 17.9 Å². The predicted octanol–water partition coefficient (Wildman–Crippen LogP) is 3.88. The molecule has 0 atom stereocenters. The van der Waals surface area contributed by atoms with E-state index in [1.54, 1.807) is 17.2 Å². The summed E-state index contributed by atoms with van der Waals surface area (Å²) in [6.45, 7) is 5.68. The number of hydrogen-bond acceptors (Lipinski definition) is 5. The lowest BCUT2D eigenvalue weighted by Crippen LogP contribution is -2.29. The van der Waals surface area contributed by atoms with Gasteiger partial charge in [0.25, 0.3) is 5.91 Å². The summed E-state index contributed by atoms with van der Waals surface area (Å²) >= 11 is 5.39. The lowest BCUT2D eigenvalue weighted by atomic mass is 10.1. The van der Waals surface area contributed by atoms with E-state index in [1.165, 1.54) is 12.8 Å². The number of thiocarbonyl (C=S) groups is 1. The molecule has 2 heterocycles. The van der Waals surface area contributed by atoms with Crippen molar-refractivity contribution < 1.29 is 14.3 Å². The Labute approximate surface area is 188 Å². The van der Waals surface area contributed by atoms with Gasteiger partial charge in [0, 0.05) is 18.3 Å². The molecule has 0 unspecified atom stereocenters. The van der Waals surface area contributed by atoms with Crippen molar-refractivity contribution >= 4 is 29.3 Å². The van der Waals surface area contributed by atoms with Crippen LogP contribution in [0.1, 0.15) is 50.7 Å². The molecular formula is C23H28N4O3S. The number of ether oxygens (including phenoxy) is 2. The highest BCUT2D eigenvalue weighted by molar-refractivity contribution is 7.80. The van der Waals surface area contributed by atoms with Crippen molar-refractivity contribution in [3.63, 3.8) is 0 Å². The average Bonchev–Trinajstić information content (AvgIpc) is 3.49. The number of nitrogens with zero attached hydrogens (tertiary/aromatic N) is 3. The number of amides is 1. The van der Waals surface area contributed by atoms with E-state index in [0.29, 0.717) is 29.7 Å². The van der Waals surface area contributed by atoms with Gasteiger partial charge in [-0.05, 0) is 75.5 Å². The van der Waals surface area contributed by atoms with Gasteiger partial charge in [-0.15, -0.1) is 0 Å². The first-order valence-electron chi connectivity index (χ1n) is 10.9. The van der Waals surface area contributed by atoms with Crippen LogP contribution in [0.5, 0.6) is 11.5 Å². The molecule has 1 saturated heterocycles. The third-order valence-electron chi connectivity index (χ3n) is 5.49. The van der Waals surface area contributed by atoms with E-state index < -0.39 is 0 Å². The monoisotopic (exact) mass is 440 g/mol. The molecule has 2 aliphatic rings. The Balaban J connectivity index is 1.51. The minimum absolute atomic E-state index is 0.154. The molecule has 2 fully saturated rings. The average molecular weight is 441 g/mol. The van der Waals surface area contributed by atoms with Crippen LogP contribution in [0.4, 0.5) is 0 Å². The Morgan fingerprint density at radius 1 is 1.26 bits per heavy atom. The summed E-state index contributed by atoms with van der Waals surface area (Å²) < 4.78 is 13.8. The fraction of sp³-hybridized carbons (Fsp3) is 0.435. The summed E-state index contributed by atoms with van der Waals surface area (Å²) in [4.78, 5) is 14.5. The van der Waals surface area contributed by atoms with Gasteiger partial charge >= 0.3 is 0 Å². The molecule has 4 rings (SSSR count). The van der Waals surface area contributed by atoms with Crippen LogP contribution in [0, 0.1) is 0 Å². The van der Waals surface area contributed by atoms with E-state index in [1.807, 2.05) is 42.9 Å². The van der Waals surface area contributed by atoms with Crippen molar-refractivity contribution in [2.45, 2.75) is 58.7 Å². The number of carbonyl (C=O) groups excluding carboxylic acids is 1. The fourth-order valence-electron chi connectivity index (χ4n) is 3.89. The van der Waals surface area contributed by atoms with Gasteiger partial charge in [0.2, 0.25) is 0 Å². The zero-order chi connectivity index (χ0) is 21.8. The van der Waals surface area contributed by atoms with Crippen molar-refractivity contribution in [3.05, 3.63) is 47.4 Å². The van der Waals surface area contributed by atoms with Gasteiger partial charge in [-0.25, -0.2) is 0 Å². The highest BCUT2D eigenvalue weighted by Gasteiger charge is 2.31. The van der Waals surface area contributed by atoms with E-state index >= 15 is 0 Å². The van der Waals surface area contributed by atoms with Gasteiger partial charge in [-0.2, -0.15) is 5.10 Å². The maximum absolute atomic E-state index is 12.9. The summed E-state index contributed by atoms with van der Waals surface area (Å²) in [5.74, 6) is 1.30. The van der Waals surface area contributed by atoms with Crippen molar-refractivity contribution in [1.82, 2.24) is 20.0 Å². The lowest BCUT2D eigenvalue weighted by molar-refractivity contribution is -0.122. The quantitative estimate of drug-likeness (QED) is 0.496. The summed E-state index contributed by atoms with van der Waals surface area (Å²) in [6.07, 6.45) is 10.3. The van der Waals surface area contributed by atoms with Crippen molar-refractivity contribution in [2.75, 3.05) is 6.61 Å². The highest BCUT2D eigenvalue weighted by atomic mass is 32.1. The molecule has 1 aliphatic heterocycles. The largest absolute Gasteiger partial charge is 0.490 e. The SMILES string of the molecule is CCOc1cc(/C=C2/NC(=S)N(Cc3cnn(CC)c3)C2=O)ccc1OC1CCCC1. The number of aromatic nitrogens is 2. The van der Waals surface area contributed by atoms with Gasteiger partial charge in [-0.3, -0.25) is 14.4 Å². The van der Waals surface area contributed by atoms with E-state index in [9.17, 15) is 4.79 Å². The van der Waals surface area contributed by atoms with Crippen molar-refractivity contribution in [2.24, 2.45) is 0 Å². The van der Waals surface area contributed by atoms with Gasteiger partial charge in [0.1, 0.15) is 5.70 Å². The molecule has 8 heteroatoms. The Kier molecular flexibility index (Phi) is 6.56. The van der Waals surface area contributed by atoms with Gasteiger partial charge < -0.3 is 14.8 Å². The Hall–Kier alpha value is -2.87. The highest BCUT2D eigenvalue weighted by Crippen LogP contribution is 2.33. The lowest BCUT2D eigenvalue weighted by Gasteiger charge is -2.17. The summed E-state index contributed by atoms with van der Waals surface area (Å²) in [5.41, 5.74) is 2.23. The third kappa shape index (κ3) is 4.90. The van der Waals surface area contributed by atoms with Crippen molar-refractivity contribution in [3.8, 4) is 11.5 Å². The second-order valence-corrected chi connectivity index (χ2v) is 8.13. The number of carbonyl (C=O) groups is 1.